The van der Waals surface area contributed by atoms with Crippen molar-refractivity contribution in [1.29, 1.82) is 0 Å². The molecule has 0 atom stereocenters. The van der Waals surface area contributed by atoms with E-state index in [1.54, 1.807) is 16.2 Å². The minimum Gasteiger partial charge on any atom is -0.494 e. The molecular formula is C36H42N4O4S. The summed E-state index contributed by atoms with van der Waals surface area (Å²) >= 11 is 1.80. The maximum Gasteiger partial charge on any atom is 0.409 e. The van der Waals surface area contributed by atoms with Crippen molar-refractivity contribution in [3.63, 3.8) is 0 Å². The molecule has 3 aromatic carbocycles. The number of nitrogens with one attached hydrogen (secondary N) is 1. The summed E-state index contributed by atoms with van der Waals surface area (Å²) < 4.78 is 13.0. The van der Waals surface area contributed by atoms with Crippen LogP contribution in [0.3, 0.4) is 0 Å². The highest BCUT2D eigenvalue weighted by Crippen LogP contribution is 2.42. The number of piperazine rings is 1. The number of benzene rings is 3. The fraction of sp³-hybridized carbons (Fsp3) is 0.389. The summed E-state index contributed by atoms with van der Waals surface area (Å²) in [6.07, 6.45) is 1.79. The number of amides is 2. The van der Waals surface area contributed by atoms with E-state index < -0.39 is 6.09 Å². The molecule has 0 unspecified atom stereocenters. The number of anilines is 2. The van der Waals surface area contributed by atoms with E-state index in [2.05, 4.69) is 58.6 Å². The molecule has 2 amide bonds. The van der Waals surface area contributed by atoms with Crippen molar-refractivity contribution in [2.75, 3.05) is 55.9 Å². The molecule has 1 saturated heterocycles. The van der Waals surface area contributed by atoms with Crippen LogP contribution in [0.15, 0.2) is 78.2 Å². The number of nitrogens with zero attached hydrogens (tertiary/aromatic N) is 3. The lowest BCUT2D eigenvalue weighted by Crippen LogP contribution is -2.46. The summed E-state index contributed by atoms with van der Waals surface area (Å²) in [4.78, 5) is 32.2. The maximum atomic E-state index is 13.1. The third kappa shape index (κ3) is 7.43. The third-order valence-electron chi connectivity index (χ3n) is 8.81. The van der Waals surface area contributed by atoms with Crippen molar-refractivity contribution in [2.45, 2.75) is 45.1 Å². The van der Waals surface area contributed by atoms with Gasteiger partial charge in [0.15, 0.2) is 6.73 Å². The second-order valence-electron chi connectivity index (χ2n) is 12.5. The van der Waals surface area contributed by atoms with E-state index in [9.17, 15) is 9.59 Å². The number of ether oxygens (including phenoxy) is 2. The Hall–Kier alpha value is -4.08. The van der Waals surface area contributed by atoms with E-state index in [0.717, 1.165) is 62.4 Å². The Kier molecular flexibility index (Phi) is 9.56. The van der Waals surface area contributed by atoms with Gasteiger partial charge >= 0.3 is 6.09 Å². The van der Waals surface area contributed by atoms with Crippen LogP contribution in [0.25, 0.3) is 10.1 Å². The topological polar surface area (TPSA) is 74.3 Å². The molecule has 0 radical (unpaired) electrons. The third-order valence-corrected chi connectivity index (χ3v) is 9.69. The van der Waals surface area contributed by atoms with Crippen molar-refractivity contribution in [3.05, 3.63) is 89.3 Å². The van der Waals surface area contributed by atoms with Gasteiger partial charge in [-0.05, 0) is 60.2 Å². The monoisotopic (exact) mass is 626 g/mol. The molecule has 0 saturated carbocycles. The minimum absolute atomic E-state index is 0.0763. The minimum atomic E-state index is -0.563. The van der Waals surface area contributed by atoms with Gasteiger partial charge in [0.2, 0.25) is 5.91 Å². The van der Waals surface area contributed by atoms with Crippen LogP contribution in [0.4, 0.5) is 16.2 Å². The Labute approximate surface area is 269 Å². The second kappa shape index (κ2) is 13.9. The fourth-order valence-electron chi connectivity index (χ4n) is 6.28. The number of carbonyl (C=O) groups is 2. The lowest BCUT2D eigenvalue weighted by molar-refractivity contribution is -0.120. The smallest absolute Gasteiger partial charge is 0.409 e. The first-order valence-corrected chi connectivity index (χ1v) is 16.7. The molecule has 6 rings (SSSR count). The van der Waals surface area contributed by atoms with Gasteiger partial charge in [-0.1, -0.05) is 56.3 Å². The quantitative estimate of drug-likeness (QED) is 0.185. The summed E-state index contributed by atoms with van der Waals surface area (Å²) in [7, 11) is 0. The first kappa shape index (κ1) is 30.9. The molecule has 1 fully saturated rings. The van der Waals surface area contributed by atoms with Crippen molar-refractivity contribution in [2.24, 2.45) is 0 Å². The molecule has 0 spiro atoms. The summed E-state index contributed by atoms with van der Waals surface area (Å²) in [6, 6.07) is 24.4. The molecule has 8 nitrogen and oxygen atoms in total. The fourth-order valence-corrected chi connectivity index (χ4v) is 7.09. The van der Waals surface area contributed by atoms with Crippen LogP contribution in [0.1, 0.15) is 44.2 Å². The van der Waals surface area contributed by atoms with Gasteiger partial charge in [0.25, 0.3) is 0 Å². The molecule has 0 aliphatic carbocycles. The predicted molar refractivity (Wildman–Crippen MR) is 181 cm³/mol. The first-order valence-electron chi connectivity index (χ1n) is 15.8. The zero-order chi connectivity index (χ0) is 31.2. The first-order chi connectivity index (χ1) is 21.9. The van der Waals surface area contributed by atoms with Gasteiger partial charge in [-0.15, -0.1) is 11.3 Å². The van der Waals surface area contributed by atoms with Gasteiger partial charge in [-0.25, -0.2) is 4.79 Å². The SMILES string of the molecule is CC1(C)CC(=O)N(COC(=O)NCc2ccccc2)c2cc(OCCCCN3CCN(c4cccc5sccc45)CC3)ccc21. The molecule has 1 N–H and O–H groups in total. The van der Waals surface area contributed by atoms with Crippen LogP contribution in [0.5, 0.6) is 5.75 Å². The standard InChI is InChI=1S/C36H42N4O4S/c1-36(2)24-34(41)40(26-44-35(42)37-25-27-9-4-3-5-10-27)32-23-28(13-14-30(32)36)43-21-7-6-16-38-17-19-39(20-18-38)31-11-8-12-33-29(31)15-22-45-33/h3-5,8-15,22-23H,6-7,16-21,24-26H2,1-2H3,(H,37,42). The van der Waals surface area contributed by atoms with Crippen LogP contribution in [-0.4, -0.2) is 63.0 Å². The van der Waals surface area contributed by atoms with E-state index >= 15 is 0 Å². The number of alkyl carbamates (subject to hydrolysis) is 1. The van der Waals surface area contributed by atoms with E-state index in [0.29, 0.717) is 25.3 Å². The Morgan fingerprint density at radius 2 is 1.76 bits per heavy atom. The highest BCUT2D eigenvalue weighted by atomic mass is 32.1. The number of unbranched alkanes of at least 4 members (excludes halogenated alkanes) is 1. The van der Waals surface area contributed by atoms with E-state index in [-0.39, 0.29) is 18.1 Å². The number of thiophene rings is 1. The maximum absolute atomic E-state index is 13.1. The molecule has 9 heteroatoms. The van der Waals surface area contributed by atoms with Crippen molar-refractivity contribution < 1.29 is 19.1 Å². The zero-order valence-corrected chi connectivity index (χ0v) is 27.0. The summed E-state index contributed by atoms with van der Waals surface area (Å²) in [5.74, 6) is 0.640. The highest BCUT2D eigenvalue weighted by molar-refractivity contribution is 7.17. The number of rotatable bonds is 11. The highest BCUT2D eigenvalue weighted by Gasteiger charge is 2.37. The Morgan fingerprint density at radius 1 is 0.933 bits per heavy atom. The summed E-state index contributed by atoms with van der Waals surface area (Å²) in [5, 5.41) is 6.30. The van der Waals surface area contributed by atoms with Crippen molar-refractivity contribution in [1.82, 2.24) is 10.2 Å². The lowest BCUT2D eigenvalue weighted by Gasteiger charge is -2.38. The number of hydrogen-bond donors (Lipinski definition) is 1. The van der Waals surface area contributed by atoms with Crippen LogP contribution in [-0.2, 0) is 21.5 Å². The van der Waals surface area contributed by atoms with Gasteiger partial charge < -0.3 is 19.7 Å². The molecule has 1 aromatic heterocycles. The van der Waals surface area contributed by atoms with Crippen LogP contribution in [0.2, 0.25) is 0 Å². The Morgan fingerprint density at radius 3 is 2.58 bits per heavy atom. The lowest BCUT2D eigenvalue weighted by atomic mass is 9.77. The number of hydrogen-bond acceptors (Lipinski definition) is 7. The van der Waals surface area contributed by atoms with Crippen molar-refractivity contribution >= 4 is 44.8 Å². The Bertz CT molecular complexity index is 1610. The number of fused-ring (bicyclic) bond motifs is 2. The summed E-state index contributed by atoms with van der Waals surface area (Å²) in [5.41, 5.74) is 3.78. The van der Waals surface area contributed by atoms with Gasteiger partial charge in [0.1, 0.15) is 5.75 Å². The van der Waals surface area contributed by atoms with Gasteiger partial charge in [0.05, 0.1) is 12.3 Å². The predicted octanol–water partition coefficient (Wildman–Crippen LogP) is 6.78. The summed E-state index contributed by atoms with van der Waals surface area (Å²) in [6.45, 7) is 10.2. The Balaban J connectivity index is 0.969. The van der Waals surface area contributed by atoms with E-state index in [1.807, 2.05) is 48.5 Å². The van der Waals surface area contributed by atoms with Crippen LogP contribution < -0.4 is 19.9 Å². The molecular weight excluding hydrogens is 584 g/mol. The van der Waals surface area contributed by atoms with E-state index in [4.69, 9.17) is 9.47 Å². The van der Waals surface area contributed by atoms with Gasteiger partial charge in [-0.2, -0.15) is 0 Å². The largest absolute Gasteiger partial charge is 0.494 e. The molecule has 2 aliphatic rings. The molecule has 45 heavy (non-hydrogen) atoms. The molecule has 0 bridgehead atoms. The van der Waals surface area contributed by atoms with Crippen LogP contribution in [0, 0.1) is 0 Å². The van der Waals surface area contributed by atoms with Gasteiger partial charge in [-0.3, -0.25) is 14.6 Å². The molecule has 4 aromatic rings. The zero-order valence-electron chi connectivity index (χ0n) is 26.2. The molecule has 2 aliphatic heterocycles. The number of carbonyl (C=O) groups excluding carboxylic acids is 2. The van der Waals surface area contributed by atoms with Crippen molar-refractivity contribution in [3.8, 4) is 5.75 Å². The average molecular weight is 627 g/mol. The van der Waals surface area contributed by atoms with Crippen LogP contribution >= 0.6 is 11.3 Å². The average Bonchev–Trinajstić information content (AvgIpc) is 3.53. The molecule has 3 heterocycles. The normalized spacial score (nSPS) is 16.4. The van der Waals surface area contributed by atoms with Gasteiger partial charge in [0, 0.05) is 66.4 Å². The second-order valence-corrected chi connectivity index (χ2v) is 13.4. The molecule has 236 valence electrons. The van der Waals surface area contributed by atoms with E-state index in [1.165, 1.54) is 15.8 Å².